The first-order chi connectivity index (χ1) is 12.4. The Morgan fingerprint density at radius 1 is 1.12 bits per heavy atom. The third kappa shape index (κ3) is 3.35. The molecular weight excluding hydrogens is 330 g/mol. The number of aromatic nitrogens is 3. The Hall–Kier alpha value is -3.02. The number of nitrogens with zero attached hydrogens (tertiary/aromatic N) is 3. The molecule has 0 radical (unpaired) electrons. The van der Waals surface area contributed by atoms with Crippen LogP contribution in [-0.2, 0) is 22.7 Å². The van der Waals surface area contributed by atoms with Gasteiger partial charge in [-0.05, 0) is 62.1 Å². The number of hydrogen-bond donors (Lipinski definition) is 0. The van der Waals surface area contributed by atoms with Crippen LogP contribution in [0.3, 0.4) is 0 Å². The van der Waals surface area contributed by atoms with Gasteiger partial charge >= 0.3 is 5.97 Å². The van der Waals surface area contributed by atoms with Crippen molar-refractivity contribution in [1.82, 2.24) is 15.0 Å². The molecule has 3 aromatic rings. The van der Waals surface area contributed by atoms with Gasteiger partial charge in [0.05, 0.1) is 5.52 Å². The van der Waals surface area contributed by atoms with Gasteiger partial charge in [0.1, 0.15) is 18.7 Å². The topological polar surface area (TPSA) is 74.1 Å². The molecule has 6 heteroatoms. The van der Waals surface area contributed by atoms with E-state index in [0.717, 1.165) is 33.3 Å². The Balaban J connectivity index is 1.76. The predicted octanol–water partition coefficient (Wildman–Crippen LogP) is 3.30. The lowest BCUT2D eigenvalue weighted by Gasteiger charge is -2.16. The maximum absolute atomic E-state index is 12.3. The van der Waals surface area contributed by atoms with Crippen LogP contribution in [0.2, 0.25) is 0 Å². The van der Waals surface area contributed by atoms with E-state index < -0.39 is 5.97 Å². The minimum absolute atomic E-state index is 0.00989. The second kappa shape index (κ2) is 7.07. The fourth-order valence-electron chi connectivity index (χ4n) is 3.34. The molecule has 3 rings (SSSR count). The van der Waals surface area contributed by atoms with Crippen molar-refractivity contribution in [1.29, 1.82) is 0 Å². The number of aryl methyl sites for hydroxylation is 2. The number of hydrogen-bond acceptors (Lipinski definition) is 5. The number of esters is 1. The van der Waals surface area contributed by atoms with Crippen molar-refractivity contribution in [3.63, 3.8) is 0 Å². The largest absolute Gasteiger partial charge is 0.459 e. The fourth-order valence-corrected chi connectivity index (χ4v) is 3.34. The molecule has 1 heterocycles. The van der Waals surface area contributed by atoms with Crippen LogP contribution in [0.15, 0.2) is 30.3 Å². The van der Waals surface area contributed by atoms with E-state index in [1.807, 2.05) is 51.1 Å². The number of ketones is 1. The molecule has 0 atom stereocenters. The number of Topliss-reactive ketones (excluding diaryl/α,β-unsaturated/α-hetero) is 1. The SMILES string of the molecule is CC(=O)c1c(C)cc(C)c(COC(=O)Cn2nnc3ccccc32)c1C. The van der Waals surface area contributed by atoms with Gasteiger partial charge in [0.25, 0.3) is 0 Å². The minimum Gasteiger partial charge on any atom is -0.459 e. The van der Waals surface area contributed by atoms with Crippen LogP contribution in [0.1, 0.15) is 39.5 Å². The highest BCUT2D eigenvalue weighted by atomic mass is 16.5. The van der Waals surface area contributed by atoms with Crippen LogP contribution in [0, 0.1) is 20.8 Å². The maximum atomic E-state index is 12.3. The summed E-state index contributed by atoms with van der Waals surface area (Å²) in [5.41, 5.74) is 5.90. The van der Waals surface area contributed by atoms with Gasteiger partial charge in [0.15, 0.2) is 5.78 Å². The monoisotopic (exact) mass is 351 g/mol. The number of carbonyl (C=O) groups is 2. The van der Waals surface area contributed by atoms with Crippen LogP contribution < -0.4 is 0 Å². The van der Waals surface area contributed by atoms with E-state index in [-0.39, 0.29) is 18.9 Å². The molecule has 0 N–H and O–H groups in total. The highest BCUT2D eigenvalue weighted by Gasteiger charge is 2.16. The van der Waals surface area contributed by atoms with Crippen LogP contribution in [0.5, 0.6) is 0 Å². The van der Waals surface area contributed by atoms with Crippen LogP contribution in [0.25, 0.3) is 11.0 Å². The zero-order chi connectivity index (χ0) is 18.8. The van der Waals surface area contributed by atoms with Gasteiger partial charge in [-0.15, -0.1) is 5.10 Å². The minimum atomic E-state index is -0.399. The van der Waals surface area contributed by atoms with Crippen LogP contribution >= 0.6 is 0 Å². The van der Waals surface area contributed by atoms with E-state index in [2.05, 4.69) is 10.3 Å². The molecule has 0 saturated heterocycles. The molecule has 0 aliphatic carbocycles. The summed E-state index contributed by atoms with van der Waals surface area (Å²) in [7, 11) is 0. The molecular formula is C20H21N3O3. The van der Waals surface area contributed by atoms with Gasteiger partial charge in [-0.3, -0.25) is 9.59 Å². The van der Waals surface area contributed by atoms with Crippen molar-refractivity contribution in [2.24, 2.45) is 0 Å². The third-order valence-corrected chi connectivity index (χ3v) is 4.56. The zero-order valence-corrected chi connectivity index (χ0v) is 15.4. The van der Waals surface area contributed by atoms with Crippen molar-refractivity contribution >= 4 is 22.8 Å². The summed E-state index contributed by atoms with van der Waals surface area (Å²) < 4.78 is 6.97. The normalized spacial score (nSPS) is 10.9. The van der Waals surface area contributed by atoms with E-state index in [9.17, 15) is 9.59 Å². The highest BCUT2D eigenvalue weighted by Crippen LogP contribution is 2.23. The molecule has 0 bridgehead atoms. The molecule has 2 aromatic carbocycles. The lowest BCUT2D eigenvalue weighted by molar-refractivity contribution is -0.145. The summed E-state index contributed by atoms with van der Waals surface area (Å²) in [4.78, 5) is 24.2. The first kappa shape index (κ1) is 17.8. The lowest BCUT2D eigenvalue weighted by Crippen LogP contribution is -2.16. The van der Waals surface area contributed by atoms with Gasteiger partial charge in [0.2, 0.25) is 0 Å². The second-order valence-electron chi connectivity index (χ2n) is 6.44. The standard InChI is InChI=1S/C20H21N3O3/c1-12-9-13(2)20(15(4)24)14(3)16(12)11-26-19(25)10-23-18-8-6-5-7-17(18)21-22-23/h5-9H,10-11H2,1-4H3. The third-order valence-electron chi connectivity index (χ3n) is 4.56. The smallest absolute Gasteiger partial charge is 0.328 e. The molecule has 0 fully saturated rings. The number of para-hydroxylation sites is 1. The Labute approximate surface area is 151 Å². The lowest BCUT2D eigenvalue weighted by atomic mass is 9.92. The van der Waals surface area contributed by atoms with Gasteiger partial charge in [-0.25, -0.2) is 4.68 Å². The van der Waals surface area contributed by atoms with Crippen molar-refractivity contribution in [3.05, 3.63) is 58.1 Å². The van der Waals surface area contributed by atoms with Gasteiger partial charge in [0, 0.05) is 5.56 Å². The quantitative estimate of drug-likeness (QED) is 0.521. The first-order valence-corrected chi connectivity index (χ1v) is 8.43. The van der Waals surface area contributed by atoms with Crippen molar-refractivity contribution in [3.8, 4) is 0 Å². The molecule has 134 valence electrons. The van der Waals surface area contributed by atoms with Gasteiger partial charge in [-0.2, -0.15) is 0 Å². The average Bonchev–Trinajstić information content (AvgIpc) is 2.97. The van der Waals surface area contributed by atoms with E-state index in [1.165, 1.54) is 4.68 Å². The molecule has 6 nitrogen and oxygen atoms in total. The summed E-state index contributed by atoms with van der Waals surface area (Å²) in [6.45, 7) is 7.44. The summed E-state index contributed by atoms with van der Waals surface area (Å²) in [5, 5.41) is 8.02. The number of rotatable bonds is 5. The predicted molar refractivity (Wildman–Crippen MR) is 98.0 cm³/mol. The van der Waals surface area contributed by atoms with Crippen molar-refractivity contribution in [2.45, 2.75) is 40.8 Å². The molecule has 26 heavy (non-hydrogen) atoms. The Morgan fingerprint density at radius 2 is 1.85 bits per heavy atom. The van der Waals surface area contributed by atoms with Crippen LogP contribution in [-0.4, -0.2) is 26.7 Å². The maximum Gasteiger partial charge on any atom is 0.328 e. The summed E-state index contributed by atoms with van der Waals surface area (Å²) in [6.07, 6.45) is 0. The Morgan fingerprint density at radius 3 is 2.58 bits per heavy atom. The van der Waals surface area contributed by atoms with E-state index in [4.69, 9.17) is 4.74 Å². The van der Waals surface area contributed by atoms with E-state index >= 15 is 0 Å². The number of ether oxygens (including phenoxy) is 1. The number of benzene rings is 2. The molecule has 1 aromatic heterocycles. The van der Waals surface area contributed by atoms with Gasteiger partial charge < -0.3 is 4.74 Å². The van der Waals surface area contributed by atoms with Crippen molar-refractivity contribution < 1.29 is 14.3 Å². The molecule has 0 aliphatic rings. The van der Waals surface area contributed by atoms with Crippen LogP contribution in [0.4, 0.5) is 0 Å². The molecule has 0 unspecified atom stereocenters. The molecule has 0 amide bonds. The number of fused-ring (bicyclic) bond motifs is 1. The highest BCUT2D eigenvalue weighted by molar-refractivity contribution is 5.97. The fraction of sp³-hybridized carbons (Fsp3) is 0.300. The number of carbonyl (C=O) groups excluding carboxylic acids is 2. The second-order valence-corrected chi connectivity index (χ2v) is 6.44. The zero-order valence-electron chi connectivity index (χ0n) is 15.4. The Bertz CT molecular complexity index is 1000. The Kier molecular flexibility index (Phi) is 4.84. The van der Waals surface area contributed by atoms with E-state index in [0.29, 0.717) is 5.56 Å². The summed E-state index contributed by atoms with van der Waals surface area (Å²) >= 11 is 0. The molecule has 0 saturated carbocycles. The van der Waals surface area contributed by atoms with Gasteiger partial charge in [-0.1, -0.05) is 23.4 Å². The molecule has 0 spiro atoms. The first-order valence-electron chi connectivity index (χ1n) is 8.43. The average molecular weight is 351 g/mol. The van der Waals surface area contributed by atoms with E-state index in [1.54, 1.807) is 6.92 Å². The summed E-state index contributed by atoms with van der Waals surface area (Å²) in [5.74, 6) is -0.383. The molecule has 0 aliphatic heterocycles. The van der Waals surface area contributed by atoms with Crippen molar-refractivity contribution in [2.75, 3.05) is 0 Å². The summed E-state index contributed by atoms with van der Waals surface area (Å²) in [6, 6.07) is 9.39.